The van der Waals surface area contributed by atoms with E-state index in [1.54, 1.807) is 10.7 Å². The van der Waals surface area contributed by atoms with Gasteiger partial charge < -0.3 is 9.47 Å². The number of hydrogen-bond donors (Lipinski definition) is 0. The SMILES string of the molecule is C=C(c1ccc2c(cnn2C2CCCCO2)c1OC)C(F)(F)F. The highest BCUT2D eigenvalue weighted by atomic mass is 19.4. The highest BCUT2D eigenvalue weighted by molar-refractivity contribution is 5.91. The van der Waals surface area contributed by atoms with Crippen molar-refractivity contribution < 1.29 is 22.6 Å². The van der Waals surface area contributed by atoms with Crippen LogP contribution in [0.4, 0.5) is 13.2 Å². The van der Waals surface area contributed by atoms with Gasteiger partial charge >= 0.3 is 6.18 Å². The largest absolute Gasteiger partial charge is 0.495 e. The fourth-order valence-electron chi connectivity index (χ4n) is 2.85. The Kier molecular flexibility index (Phi) is 4.06. The standard InChI is InChI=1S/C16H17F3N2O2/c1-10(16(17,18)19)11-6-7-13-12(15(11)22-2)9-20-21(13)14-5-3-4-8-23-14/h6-7,9,14H,1,3-5,8H2,2H3. The number of fused-ring (bicyclic) bond motifs is 1. The predicted octanol–water partition coefficient (Wildman–Crippen LogP) is 4.32. The fraction of sp³-hybridized carbons (Fsp3) is 0.438. The van der Waals surface area contributed by atoms with Crippen LogP contribution in [0.3, 0.4) is 0 Å². The molecule has 1 fully saturated rings. The third-order valence-corrected chi connectivity index (χ3v) is 4.03. The summed E-state index contributed by atoms with van der Waals surface area (Å²) < 4.78 is 51.5. The van der Waals surface area contributed by atoms with Gasteiger partial charge in [0, 0.05) is 12.2 Å². The molecule has 1 atom stereocenters. The van der Waals surface area contributed by atoms with Crippen molar-refractivity contribution >= 4 is 16.5 Å². The molecule has 1 unspecified atom stereocenters. The minimum Gasteiger partial charge on any atom is -0.495 e. The number of hydrogen-bond acceptors (Lipinski definition) is 3. The van der Waals surface area contributed by atoms with Gasteiger partial charge in [0.05, 0.1) is 29.8 Å². The molecular formula is C16H17F3N2O2. The van der Waals surface area contributed by atoms with Gasteiger partial charge in [-0.15, -0.1) is 0 Å². The number of allylic oxidation sites excluding steroid dienone is 1. The number of nitrogens with zero attached hydrogens (tertiary/aromatic N) is 2. The van der Waals surface area contributed by atoms with E-state index in [0.717, 1.165) is 19.3 Å². The lowest BCUT2D eigenvalue weighted by molar-refractivity contribution is -0.0687. The molecule has 0 bridgehead atoms. The number of ether oxygens (including phenoxy) is 2. The molecule has 0 amide bonds. The number of rotatable bonds is 3. The maximum atomic E-state index is 13.0. The van der Waals surface area contributed by atoms with Crippen LogP contribution >= 0.6 is 0 Å². The summed E-state index contributed by atoms with van der Waals surface area (Å²) in [5.41, 5.74) is -0.318. The molecule has 0 aliphatic carbocycles. The van der Waals surface area contributed by atoms with Crippen molar-refractivity contribution in [2.45, 2.75) is 31.7 Å². The second kappa shape index (κ2) is 5.88. The van der Waals surface area contributed by atoms with Crippen LogP contribution in [0.2, 0.25) is 0 Å². The third kappa shape index (κ3) is 2.81. The Balaban J connectivity index is 2.09. The minimum atomic E-state index is -4.51. The Bertz CT molecular complexity index is 731. The molecule has 1 aliphatic rings. The summed E-state index contributed by atoms with van der Waals surface area (Å²) in [6, 6.07) is 2.98. The first-order chi connectivity index (χ1) is 10.9. The number of halogens is 3. The number of benzene rings is 1. The van der Waals surface area contributed by atoms with Crippen molar-refractivity contribution in [1.29, 1.82) is 0 Å². The van der Waals surface area contributed by atoms with Gasteiger partial charge in [0.2, 0.25) is 0 Å². The second-order valence-corrected chi connectivity index (χ2v) is 5.47. The molecule has 1 aromatic carbocycles. The van der Waals surface area contributed by atoms with Gasteiger partial charge in [-0.05, 0) is 31.4 Å². The lowest BCUT2D eigenvalue weighted by Crippen LogP contribution is -2.19. The Morgan fingerprint density at radius 1 is 1.39 bits per heavy atom. The Labute approximate surface area is 131 Å². The molecular weight excluding hydrogens is 309 g/mol. The summed E-state index contributed by atoms with van der Waals surface area (Å²) in [7, 11) is 1.34. The van der Waals surface area contributed by atoms with Crippen molar-refractivity contribution in [3.05, 3.63) is 30.5 Å². The monoisotopic (exact) mass is 326 g/mol. The van der Waals surface area contributed by atoms with Crippen LogP contribution in [-0.4, -0.2) is 29.7 Å². The lowest BCUT2D eigenvalue weighted by atomic mass is 10.0. The third-order valence-electron chi connectivity index (χ3n) is 4.03. The van der Waals surface area contributed by atoms with Crippen molar-refractivity contribution in [3.8, 4) is 5.75 Å². The zero-order valence-corrected chi connectivity index (χ0v) is 12.7. The molecule has 1 saturated heterocycles. The van der Waals surface area contributed by atoms with E-state index >= 15 is 0 Å². The summed E-state index contributed by atoms with van der Waals surface area (Å²) in [5, 5.41) is 4.81. The van der Waals surface area contributed by atoms with Crippen LogP contribution in [0, 0.1) is 0 Å². The maximum absolute atomic E-state index is 13.0. The molecule has 2 heterocycles. The van der Waals surface area contributed by atoms with Crippen molar-refractivity contribution in [3.63, 3.8) is 0 Å². The van der Waals surface area contributed by atoms with Crippen molar-refractivity contribution in [2.75, 3.05) is 13.7 Å². The molecule has 1 aromatic heterocycles. The molecule has 1 aliphatic heterocycles. The number of alkyl halides is 3. The summed E-state index contributed by atoms with van der Waals surface area (Å²) >= 11 is 0. The molecule has 0 saturated carbocycles. The quantitative estimate of drug-likeness (QED) is 0.843. The number of aromatic nitrogens is 2. The zero-order valence-electron chi connectivity index (χ0n) is 12.7. The van der Waals surface area contributed by atoms with E-state index in [4.69, 9.17) is 9.47 Å². The van der Waals surface area contributed by atoms with E-state index in [-0.39, 0.29) is 17.5 Å². The normalized spacial score (nSPS) is 19.0. The Hall–Kier alpha value is -2.02. The second-order valence-electron chi connectivity index (χ2n) is 5.47. The van der Waals surface area contributed by atoms with Crippen LogP contribution in [0.25, 0.3) is 16.5 Å². The molecule has 0 spiro atoms. The van der Waals surface area contributed by atoms with Gasteiger partial charge in [0.25, 0.3) is 0 Å². The van der Waals surface area contributed by atoms with Gasteiger partial charge in [-0.2, -0.15) is 18.3 Å². The molecule has 124 valence electrons. The van der Waals surface area contributed by atoms with Crippen LogP contribution in [-0.2, 0) is 4.74 Å². The first-order valence-corrected chi connectivity index (χ1v) is 7.35. The fourth-order valence-corrected chi connectivity index (χ4v) is 2.85. The molecule has 3 rings (SSSR count). The van der Waals surface area contributed by atoms with E-state index in [2.05, 4.69) is 11.7 Å². The summed E-state index contributed by atoms with van der Waals surface area (Å²) in [4.78, 5) is 0. The van der Waals surface area contributed by atoms with Gasteiger partial charge in [-0.3, -0.25) is 0 Å². The van der Waals surface area contributed by atoms with E-state index in [9.17, 15) is 13.2 Å². The summed E-state index contributed by atoms with van der Waals surface area (Å²) in [5.74, 6) is 0.131. The van der Waals surface area contributed by atoms with Gasteiger partial charge in [0.15, 0.2) is 6.23 Å². The maximum Gasteiger partial charge on any atom is 0.416 e. The molecule has 2 aromatic rings. The van der Waals surface area contributed by atoms with Crippen molar-refractivity contribution in [2.24, 2.45) is 0 Å². The van der Waals surface area contributed by atoms with E-state index in [0.29, 0.717) is 17.5 Å². The van der Waals surface area contributed by atoms with Crippen LogP contribution in [0.5, 0.6) is 5.75 Å². The average Bonchev–Trinajstić information content (AvgIpc) is 2.97. The first kappa shape index (κ1) is 15.9. The number of methoxy groups -OCH3 is 1. The predicted molar refractivity (Wildman–Crippen MR) is 80.2 cm³/mol. The Morgan fingerprint density at radius 2 is 2.17 bits per heavy atom. The Morgan fingerprint density at radius 3 is 2.78 bits per heavy atom. The summed E-state index contributed by atoms with van der Waals surface area (Å²) in [6.07, 6.45) is -0.317. The van der Waals surface area contributed by atoms with Gasteiger partial charge in [-0.25, -0.2) is 4.68 Å². The molecule has 7 heteroatoms. The van der Waals surface area contributed by atoms with Gasteiger partial charge in [-0.1, -0.05) is 6.58 Å². The average molecular weight is 326 g/mol. The van der Waals surface area contributed by atoms with Gasteiger partial charge in [0.1, 0.15) is 5.75 Å². The van der Waals surface area contributed by atoms with E-state index in [1.165, 1.54) is 19.4 Å². The van der Waals surface area contributed by atoms with Crippen LogP contribution in [0.1, 0.15) is 31.1 Å². The lowest BCUT2D eigenvalue weighted by Gasteiger charge is -2.23. The van der Waals surface area contributed by atoms with E-state index in [1.807, 2.05) is 0 Å². The molecule has 23 heavy (non-hydrogen) atoms. The van der Waals surface area contributed by atoms with Crippen LogP contribution in [0.15, 0.2) is 24.9 Å². The highest BCUT2D eigenvalue weighted by Crippen LogP contribution is 2.41. The minimum absolute atomic E-state index is 0.0726. The zero-order chi connectivity index (χ0) is 16.6. The smallest absolute Gasteiger partial charge is 0.416 e. The van der Waals surface area contributed by atoms with E-state index < -0.39 is 11.7 Å². The van der Waals surface area contributed by atoms with Crippen molar-refractivity contribution in [1.82, 2.24) is 9.78 Å². The molecule has 0 radical (unpaired) electrons. The first-order valence-electron chi connectivity index (χ1n) is 7.35. The highest BCUT2D eigenvalue weighted by Gasteiger charge is 2.35. The molecule has 0 N–H and O–H groups in total. The topological polar surface area (TPSA) is 36.3 Å². The van der Waals surface area contributed by atoms with Crippen LogP contribution < -0.4 is 4.74 Å². The molecule has 4 nitrogen and oxygen atoms in total. The summed E-state index contributed by atoms with van der Waals surface area (Å²) in [6.45, 7) is 3.81.